The van der Waals surface area contributed by atoms with Crippen LogP contribution in [-0.4, -0.2) is 30.9 Å². The fourth-order valence-electron chi connectivity index (χ4n) is 3.68. The highest BCUT2D eigenvalue weighted by atomic mass is 79.9. The van der Waals surface area contributed by atoms with Crippen molar-refractivity contribution >= 4 is 45.1 Å². The van der Waals surface area contributed by atoms with E-state index in [0.717, 1.165) is 32.4 Å². The maximum Gasteiger partial charge on any atom is 0.311 e. The zero-order valence-electron chi connectivity index (χ0n) is 17.5. The molecule has 1 aliphatic heterocycles. The molecule has 1 aliphatic rings. The molecule has 0 aromatic heterocycles. The van der Waals surface area contributed by atoms with E-state index in [-0.39, 0.29) is 25.5 Å². The molecular formula is C23H25BrN2O4. The zero-order chi connectivity index (χ0) is 22.0. The van der Waals surface area contributed by atoms with Crippen molar-refractivity contribution < 1.29 is 19.1 Å². The van der Waals surface area contributed by atoms with Crippen LogP contribution >= 0.6 is 15.9 Å². The summed E-state index contributed by atoms with van der Waals surface area (Å²) >= 11 is 3.49. The number of carbonyl (C=O) groups is 3. The number of amides is 2. The van der Waals surface area contributed by atoms with Gasteiger partial charge in [0.1, 0.15) is 0 Å². The number of ether oxygens (including phenoxy) is 1. The molecule has 1 N–H and O–H groups in total. The number of anilines is 2. The molecule has 2 aromatic rings. The molecule has 0 saturated carbocycles. The monoisotopic (exact) mass is 472 g/mol. The van der Waals surface area contributed by atoms with Crippen LogP contribution in [0.3, 0.4) is 0 Å². The number of nitrogens with zero attached hydrogens (tertiary/aromatic N) is 1. The lowest BCUT2D eigenvalue weighted by atomic mass is 10.1. The summed E-state index contributed by atoms with van der Waals surface area (Å²) in [6.07, 6.45) is 0.0822. The summed E-state index contributed by atoms with van der Waals surface area (Å²) in [5.74, 6) is -1.65. The molecule has 1 saturated heterocycles. The Kier molecular flexibility index (Phi) is 6.61. The predicted octanol–water partition coefficient (Wildman–Crippen LogP) is 4.22. The van der Waals surface area contributed by atoms with Crippen LogP contribution in [0.2, 0.25) is 0 Å². The topological polar surface area (TPSA) is 75.7 Å². The van der Waals surface area contributed by atoms with Crippen molar-refractivity contribution in [1.29, 1.82) is 0 Å². The van der Waals surface area contributed by atoms with Crippen LogP contribution in [0, 0.1) is 33.6 Å². The Morgan fingerprint density at radius 2 is 1.77 bits per heavy atom. The van der Waals surface area contributed by atoms with Gasteiger partial charge in [-0.2, -0.15) is 0 Å². The summed E-state index contributed by atoms with van der Waals surface area (Å²) in [6, 6.07) is 9.52. The normalized spacial score (nSPS) is 16.0. The molecule has 158 valence electrons. The average Bonchev–Trinajstić information content (AvgIpc) is 3.05. The number of aryl methyl sites for hydroxylation is 4. The van der Waals surface area contributed by atoms with Crippen molar-refractivity contribution in [3.63, 3.8) is 0 Å². The first-order valence-electron chi connectivity index (χ1n) is 9.76. The second-order valence-electron chi connectivity index (χ2n) is 7.78. The standard InChI is InChI=1S/C23H25BrN2O4/c1-13-5-6-19(14(2)7-13)26-11-17(10-21(26)28)23(29)30-12-20(27)25-18-8-15(3)22(24)16(4)9-18/h5-9,17H,10-12H2,1-4H3,(H,25,27)/t17-/m0/s1. The first kappa shape index (κ1) is 22.0. The van der Waals surface area contributed by atoms with Crippen LogP contribution in [0.4, 0.5) is 11.4 Å². The summed E-state index contributed by atoms with van der Waals surface area (Å²) in [7, 11) is 0. The molecule has 2 aromatic carbocycles. The second kappa shape index (κ2) is 9.00. The van der Waals surface area contributed by atoms with E-state index in [1.165, 1.54) is 0 Å². The summed E-state index contributed by atoms with van der Waals surface area (Å²) in [4.78, 5) is 38.7. The lowest BCUT2D eigenvalue weighted by Gasteiger charge is -2.19. The third-order valence-electron chi connectivity index (χ3n) is 5.17. The van der Waals surface area contributed by atoms with Gasteiger partial charge in [-0.1, -0.05) is 33.6 Å². The molecule has 0 spiro atoms. The van der Waals surface area contributed by atoms with Gasteiger partial charge in [-0.3, -0.25) is 14.4 Å². The molecule has 0 unspecified atom stereocenters. The Balaban J connectivity index is 1.56. The average molecular weight is 473 g/mol. The molecular weight excluding hydrogens is 448 g/mol. The molecule has 0 bridgehead atoms. The number of rotatable bonds is 5. The number of nitrogens with one attached hydrogen (secondary N) is 1. The second-order valence-corrected chi connectivity index (χ2v) is 8.57. The fourth-order valence-corrected chi connectivity index (χ4v) is 3.91. The Morgan fingerprint density at radius 1 is 1.10 bits per heavy atom. The van der Waals surface area contributed by atoms with E-state index < -0.39 is 17.8 Å². The summed E-state index contributed by atoms with van der Waals surface area (Å²) in [5, 5.41) is 2.74. The van der Waals surface area contributed by atoms with Gasteiger partial charge in [0.2, 0.25) is 5.91 Å². The molecule has 1 heterocycles. The van der Waals surface area contributed by atoms with E-state index in [1.54, 1.807) is 4.90 Å². The molecule has 0 radical (unpaired) electrons. The van der Waals surface area contributed by atoms with Crippen molar-refractivity contribution in [2.45, 2.75) is 34.1 Å². The number of benzene rings is 2. The van der Waals surface area contributed by atoms with Crippen molar-refractivity contribution in [2.24, 2.45) is 5.92 Å². The van der Waals surface area contributed by atoms with Crippen LogP contribution in [0.1, 0.15) is 28.7 Å². The maximum absolute atomic E-state index is 12.4. The van der Waals surface area contributed by atoms with E-state index in [4.69, 9.17) is 4.74 Å². The lowest BCUT2D eigenvalue weighted by molar-refractivity contribution is -0.151. The number of hydrogen-bond acceptors (Lipinski definition) is 4. The molecule has 1 atom stereocenters. The fraction of sp³-hybridized carbons (Fsp3) is 0.348. The van der Waals surface area contributed by atoms with Gasteiger partial charge < -0.3 is 15.0 Å². The highest BCUT2D eigenvalue weighted by molar-refractivity contribution is 9.10. The van der Waals surface area contributed by atoms with E-state index in [1.807, 2.05) is 58.0 Å². The highest BCUT2D eigenvalue weighted by Crippen LogP contribution is 2.29. The number of halogens is 1. The Labute approximate surface area is 184 Å². The van der Waals surface area contributed by atoms with Gasteiger partial charge in [-0.05, 0) is 62.6 Å². The zero-order valence-corrected chi connectivity index (χ0v) is 19.1. The predicted molar refractivity (Wildman–Crippen MR) is 120 cm³/mol. The SMILES string of the molecule is Cc1ccc(N2C[C@@H](C(=O)OCC(=O)Nc3cc(C)c(Br)c(C)c3)CC2=O)c(C)c1. The molecule has 3 rings (SSSR count). The third-order valence-corrected chi connectivity index (χ3v) is 6.42. The van der Waals surface area contributed by atoms with Crippen LogP contribution in [0.5, 0.6) is 0 Å². The molecule has 7 heteroatoms. The van der Waals surface area contributed by atoms with Gasteiger partial charge in [-0.25, -0.2) is 0 Å². The Hall–Kier alpha value is -2.67. The van der Waals surface area contributed by atoms with Crippen molar-refractivity contribution in [1.82, 2.24) is 0 Å². The van der Waals surface area contributed by atoms with Crippen LogP contribution < -0.4 is 10.2 Å². The quantitative estimate of drug-likeness (QED) is 0.660. The minimum Gasteiger partial charge on any atom is -0.455 e. The van der Waals surface area contributed by atoms with Crippen molar-refractivity contribution in [3.8, 4) is 0 Å². The van der Waals surface area contributed by atoms with Crippen LogP contribution in [0.15, 0.2) is 34.8 Å². The molecule has 0 aliphatic carbocycles. The van der Waals surface area contributed by atoms with Gasteiger partial charge in [0.25, 0.3) is 5.91 Å². The summed E-state index contributed by atoms with van der Waals surface area (Å²) < 4.78 is 6.18. The van der Waals surface area contributed by atoms with E-state index in [0.29, 0.717) is 5.69 Å². The van der Waals surface area contributed by atoms with Gasteiger partial charge in [0.05, 0.1) is 5.92 Å². The van der Waals surface area contributed by atoms with Crippen LogP contribution in [-0.2, 0) is 19.1 Å². The maximum atomic E-state index is 12.4. The minimum atomic E-state index is -0.580. The van der Waals surface area contributed by atoms with E-state index in [9.17, 15) is 14.4 Å². The summed E-state index contributed by atoms with van der Waals surface area (Å²) in [5.41, 5.74) is 5.54. The molecule has 30 heavy (non-hydrogen) atoms. The lowest BCUT2D eigenvalue weighted by Crippen LogP contribution is -2.28. The smallest absolute Gasteiger partial charge is 0.311 e. The number of carbonyl (C=O) groups excluding carboxylic acids is 3. The first-order chi connectivity index (χ1) is 14.2. The van der Waals surface area contributed by atoms with Gasteiger partial charge in [0.15, 0.2) is 6.61 Å². The Morgan fingerprint density at radius 3 is 2.40 bits per heavy atom. The minimum absolute atomic E-state index is 0.0822. The molecule has 6 nitrogen and oxygen atoms in total. The van der Waals surface area contributed by atoms with Crippen molar-refractivity contribution in [3.05, 3.63) is 57.1 Å². The van der Waals surface area contributed by atoms with Crippen molar-refractivity contribution in [2.75, 3.05) is 23.4 Å². The molecule has 1 fully saturated rings. The van der Waals surface area contributed by atoms with Gasteiger partial charge in [-0.15, -0.1) is 0 Å². The number of esters is 1. The Bertz CT molecular complexity index is 995. The van der Waals surface area contributed by atoms with Gasteiger partial charge >= 0.3 is 5.97 Å². The largest absolute Gasteiger partial charge is 0.455 e. The third kappa shape index (κ3) is 4.90. The summed E-state index contributed by atoms with van der Waals surface area (Å²) in [6.45, 7) is 7.67. The highest BCUT2D eigenvalue weighted by Gasteiger charge is 2.36. The number of hydrogen-bond donors (Lipinski definition) is 1. The van der Waals surface area contributed by atoms with E-state index in [2.05, 4.69) is 21.2 Å². The first-order valence-corrected chi connectivity index (χ1v) is 10.6. The molecule has 2 amide bonds. The van der Waals surface area contributed by atoms with Crippen LogP contribution in [0.25, 0.3) is 0 Å². The van der Waals surface area contributed by atoms with E-state index >= 15 is 0 Å². The van der Waals surface area contributed by atoms with Gasteiger partial charge in [0, 0.05) is 28.8 Å².